The number of aromatic nitrogens is 1. The molecular formula is C11H12N2O3. The maximum Gasteiger partial charge on any atom is 0.331 e. The molecule has 5 nitrogen and oxygen atoms in total. The van der Waals surface area contributed by atoms with Crippen molar-refractivity contribution in [1.29, 1.82) is 0 Å². The number of carboxylic acids is 1. The largest absolute Gasteiger partial charge is 0.478 e. The van der Waals surface area contributed by atoms with Crippen molar-refractivity contribution in [3.63, 3.8) is 0 Å². The maximum atomic E-state index is 11.6. The first kappa shape index (κ1) is 11.9. The number of carbonyl (C=O) groups excluding carboxylic acids is 1. The molecule has 1 aromatic rings. The molecule has 0 atom stereocenters. The third-order valence-electron chi connectivity index (χ3n) is 2.14. The Morgan fingerprint density at radius 1 is 1.31 bits per heavy atom. The van der Waals surface area contributed by atoms with Crippen molar-refractivity contribution in [2.75, 3.05) is 5.32 Å². The first-order chi connectivity index (χ1) is 7.52. The molecular weight excluding hydrogens is 208 g/mol. The van der Waals surface area contributed by atoms with Gasteiger partial charge in [-0.25, -0.2) is 4.79 Å². The summed E-state index contributed by atoms with van der Waals surface area (Å²) in [5.41, 5.74) is 0.739. The summed E-state index contributed by atoms with van der Waals surface area (Å²) in [4.78, 5) is 26.1. The van der Waals surface area contributed by atoms with Crippen molar-refractivity contribution in [3.8, 4) is 0 Å². The molecule has 2 N–H and O–H groups in total. The Morgan fingerprint density at radius 2 is 2.00 bits per heavy atom. The van der Waals surface area contributed by atoms with Gasteiger partial charge in [-0.05, 0) is 26.0 Å². The Labute approximate surface area is 92.8 Å². The molecule has 0 saturated carbocycles. The molecule has 0 fully saturated rings. The molecule has 1 amide bonds. The number of anilines is 1. The Kier molecular flexibility index (Phi) is 3.77. The van der Waals surface area contributed by atoms with Gasteiger partial charge in [0.15, 0.2) is 0 Å². The summed E-state index contributed by atoms with van der Waals surface area (Å²) in [6, 6.07) is 3.35. The Bertz CT molecular complexity index is 438. The fourth-order valence-electron chi connectivity index (χ4n) is 0.992. The highest BCUT2D eigenvalue weighted by molar-refractivity contribution is 6.07. The van der Waals surface area contributed by atoms with Gasteiger partial charge in [-0.15, -0.1) is 0 Å². The predicted molar refractivity (Wildman–Crippen MR) is 58.9 cm³/mol. The molecule has 0 aromatic carbocycles. The molecule has 0 aliphatic rings. The van der Waals surface area contributed by atoms with E-state index in [2.05, 4.69) is 10.3 Å². The predicted octanol–water partition coefficient (Wildman–Crippen LogP) is 1.44. The van der Waals surface area contributed by atoms with Crippen molar-refractivity contribution in [3.05, 3.63) is 35.7 Å². The number of carbonyl (C=O) groups is 2. The first-order valence-electron chi connectivity index (χ1n) is 4.64. The van der Waals surface area contributed by atoms with E-state index in [1.54, 1.807) is 18.3 Å². The van der Waals surface area contributed by atoms with Gasteiger partial charge in [-0.2, -0.15) is 0 Å². The van der Waals surface area contributed by atoms with E-state index in [0.29, 0.717) is 5.69 Å². The van der Waals surface area contributed by atoms with Crippen molar-refractivity contribution < 1.29 is 14.7 Å². The SMILES string of the molecule is CC(C(=O)O)=C(C)C(=O)Nc1cccnc1. The lowest BCUT2D eigenvalue weighted by Gasteiger charge is -2.05. The molecule has 0 unspecified atom stereocenters. The highest BCUT2D eigenvalue weighted by Gasteiger charge is 2.12. The van der Waals surface area contributed by atoms with E-state index < -0.39 is 11.9 Å². The summed E-state index contributed by atoms with van der Waals surface area (Å²) >= 11 is 0. The second-order valence-corrected chi connectivity index (χ2v) is 3.25. The zero-order valence-corrected chi connectivity index (χ0v) is 9.02. The summed E-state index contributed by atoms with van der Waals surface area (Å²) in [5, 5.41) is 11.3. The van der Waals surface area contributed by atoms with E-state index in [4.69, 9.17) is 5.11 Å². The fourth-order valence-corrected chi connectivity index (χ4v) is 0.992. The summed E-state index contributed by atoms with van der Waals surface area (Å²) in [7, 11) is 0. The third kappa shape index (κ3) is 2.91. The standard InChI is InChI=1S/C11H12N2O3/c1-7(8(2)11(15)16)10(14)13-9-4-3-5-12-6-9/h3-6H,1-2H3,(H,13,14)(H,15,16). The fraction of sp³-hybridized carbons (Fsp3) is 0.182. The molecule has 5 heteroatoms. The number of pyridine rings is 1. The quantitative estimate of drug-likeness (QED) is 0.755. The lowest BCUT2D eigenvalue weighted by molar-refractivity contribution is -0.133. The van der Waals surface area contributed by atoms with Gasteiger partial charge in [-0.1, -0.05) is 0 Å². The monoisotopic (exact) mass is 220 g/mol. The van der Waals surface area contributed by atoms with Gasteiger partial charge in [0.2, 0.25) is 0 Å². The summed E-state index contributed by atoms with van der Waals surface area (Å²) in [6.07, 6.45) is 3.07. The zero-order chi connectivity index (χ0) is 12.1. The van der Waals surface area contributed by atoms with Crippen LogP contribution in [0.2, 0.25) is 0 Å². The molecule has 84 valence electrons. The highest BCUT2D eigenvalue weighted by Crippen LogP contribution is 2.09. The Balaban J connectivity index is 2.82. The van der Waals surface area contributed by atoms with Gasteiger partial charge in [0.1, 0.15) is 0 Å². The van der Waals surface area contributed by atoms with Crippen LogP contribution in [0, 0.1) is 0 Å². The number of carboxylic acid groups (broad SMARTS) is 1. The van der Waals surface area contributed by atoms with Gasteiger partial charge >= 0.3 is 5.97 Å². The minimum Gasteiger partial charge on any atom is -0.478 e. The molecule has 1 rings (SSSR count). The van der Waals surface area contributed by atoms with Gasteiger partial charge in [0.05, 0.1) is 11.9 Å². The number of nitrogens with one attached hydrogen (secondary N) is 1. The number of hydrogen-bond donors (Lipinski definition) is 2. The van der Waals surface area contributed by atoms with Crippen LogP contribution in [0.4, 0.5) is 5.69 Å². The van der Waals surface area contributed by atoms with Gasteiger partial charge in [0, 0.05) is 17.3 Å². The van der Waals surface area contributed by atoms with Crippen LogP contribution in [-0.4, -0.2) is 22.0 Å². The smallest absolute Gasteiger partial charge is 0.331 e. The third-order valence-corrected chi connectivity index (χ3v) is 2.14. The van der Waals surface area contributed by atoms with Crippen molar-refractivity contribution in [2.24, 2.45) is 0 Å². The van der Waals surface area contributed by atoms with Gasteiger partial charge < -0.3 is 10.4 Å². The number of nitrogens with zero attached hydrogens (tertiary/aromatic N) is 1. The highest BCUT2D eigenvalue weighted by atomic mass is 16.4. The van der Waals surface area contributed by atoms with Crippen LogP contribution in [0.15, 0.2) is 35.7 Å². The molecule has 1 aromatic heterocycles. The Morgan fingerprint density at radius 3 is 2.50 bits per heavy atom. The molecule has 0 spiro atoms. The van der Waals surface area contributed by atoms with E-state index in [-0.39, 0.29) is 11.1 Å². The Hall–Kier alpha value is -2.17. The minimum absolute atomic E-state index is 0.0291. The summed E-state index contributed by atoms with van der Waals surface area (Å²) in [5.74, 6) is -1.54. The topological polar surface area (TPSA) is 79.3 Å². The lowest BCUT2D eigenvalue weighted by atomic mass is 10.1. The van der Waals surface area contributed by atoms with Crippen molar-refractivity contribution in [2.45, 2.75) is 13.8 Å². The van der Waals surface area contributed by atoms with E-state index in [1.807, 2.05) is 0 Å². The molecule has 0 aliphatic heterocycles. The van der Waals surface area contributed by atoms with Crippen molar-refractivity contribution in [1.82, 2.24) is 4.98 Å². The average molecular weight is 220 g/mol. The lowest BCUT2D eigenvalue weighted by Crippen LogP contribution is -2.16. The zero-order valence-electron chi connectivity index (χ0n) is 9.02. The van der Waals surface area contributed by atoms with Crippen LogP contribution in [-0.2, 0) is 9.59 Å². The molecule has 0 saturated heterocycles. The van der Waals surface area contributed by atoms with E-state index in [0.717, 1.165) is 0 Å². The summed E-state index contributed by atoms with van der Waals surface area (Å²) in [6.45, 7) is 2.86. The number of hydrogen-bond acceptors (Lipinski definition) is 3. The first-order valence-corrected chi connectivity index (χ1v) is 4.64. The molecule has 0 bridgehead atoms. The maximum absolute atomic E-state index is 11.6. The van der Waals surface area contributed by atoms with E-state index in [1.165, 1.54) is 20.0 Å². The van der Waals surface area contributed by atoms with Crippen LogP contribution < -0.4 is 5.32 Å². The van der Waals surface area contributed by atoms with Crippen LogP contribution >= 0.6 is 0 Å². The minimum atomic E-state index is -1.10. The van der Waals surface area contributed by atoms with E-state index >= 15 is 0 Å². The number of aliphatic carboxylic acids is 1. The normalized spacial score (nSPS) is 11.6. The molecule has 1 heterocycles. The van der Waals surface area contributed by atoms with Crippen LogP contribution in [0.1, 0.15) is 13.8 Å². The van der Waals surface area contributed by atoms with Gasteiger partial charge in [-0.3, -0.25) is 9.78 Å². The van der Waals surface area contributed by atoms with Crippen LogP contribution in [0.25, 0.3) is 0 Å². The molecule has 0 radical (unpaired) electrons. The average Bonchev–Trinajstić information content (AvgIpc) is 2.28. The molecule has 0 aliphatic carbocycles. The second-order valence-electron chi connectivity index (χ2n) is 3.25. The van der Waals surface area contributed by atoms with Crippen molar-refractivity contribution >= 4 is 17.6 Å². The summed E-state index contributed by atoms with van der Waals surface area (Å²) < 4.78 is 0. The second kappa shape index (κ2) is 5.06. The van der Waals surface area contributed by atoms with Crippen LogP contribution in [0.5, 0.6) is 0 Å². The number of amides is 1. The van der Waals surface area contributed by atoms with E-state index in [9.17, 15) is 9.59 Å². The van der Waals surface area contributed by atoms with Crippen LogP contribution in [0.3, 0.4) is 0 Å². The number of rotatable bonds is 3. The molecule has 16 heavy (non-hydrogen) atoms. The van der Waals surface area contributed by atoms with Gasteiger partial charge in [0.25, 0.3) is 5.91 Å².